The van der Waals surface area contributed by atoms with Crippen molar-refractivity contribution in [1.29, 1.82) is 0 Å². The maximum absolute atomic E-state index is 12.5. The van der Waals surface area contributed by atoms with Gasteiger partial charge in [-0.25, -0.2) is 0 Å². The number of benzene rings is 1. The van der Waals surface area contributed by atoms with E-state index in [4.69, 9.17) is 10.5 Å². The number of nitrogens with two attached hydrogens (primary N) is 1. The molecule has 0 spiro atoms. The number of rotatable bonds is 8. The summed E-state index contributed by atoms with van der Waals surface area (Å²) >= 11 is 0. The molecule has 0 bridgehead atoms. The summed E-state index contributed by atoms with van der Waals surface area (Å²) in [5.74, 6) is 1.03. The summed E-state index contributed by atoms with van der Waals surface area (Å²) in [5.41, 5.74) is 6.01. The third-order valence-electron chi connectivity index (χ3n) is 4.64. The minimum atomic E-state index is -0.358. The van der Waals surface area contributed by atoms with E-state index in [2.05, 4.69) is 6.92 Å². The van der Waals surface area contributed by atoms with Crippen LogP contribution in [0.5, 0.6) is 5.75 Å². The van der Waals surface area contributed by atoms with Crippen molar-refractivity contribution in [2.45, 2.75) is 51.1 Å². The number of amides is 2. The van der Waals surface area contributed by atoms with E-state index in [-0.39, 0.29) is 24.8 Å². The summed E-state index contributed by atoms with van der Waals surface area (Å²) in [6.07, 6.45) is 4.92. The first-order valence-electron chi connectivity index (χ1n) is 8.36. The van der Waals surface area contributed by atoms with Crippen molar-refractivity contribution in [2.75, 3.05) is 6.61 Å². The van der Waals surface area contributed by atoms with Gasteiger partial charge in [-0.15, -0.1) is 0 Å². The molecular weight excluding hydrogens is 292 g/mol. The van der Waals surface area contributed by atoms with Crippen LogP contribution in [0.3, 0.4) is 0 Å². The first kappa shape index (κ1) is 15.8. The summed E-state index contributed by atoms with van der Waals surface area (Å²) in [7, 11) is 0. The molecule has 2 N–H and O–H groups in total. The Kier molecular flexibility index (Phi) is 4.55. The van der Waals surface area contributed by atoms with Crippen LogP contribution >= 0.6 is 0 Å². The van der Waals surface area contributed by atoms with E-state index in [1.54, 1.807) is 24.3 Å². The van der Waals surface area contributed by atoms with Crippen molar-refractivity contribution in [3.05, 3.63) is 29.8 Å². The zero-order chi connectivity index (χ0) is 16.4. The van der Waals surface area contributed by atoms with Crippen LogP contribution in [0.25, 0.3) is 0 Å². The molecule has 0 aliphatic heterocycles. The van der Waals surface area contributed by atoms with E-state index >= 15 is 0 Å². The number of carbonyl (C=O) groups is 2. The molecule has 0 saturated heterocycles. The lowest BCUT2D eigenvalue weighted by Crippen LogP contribution is -2.44. The fraction of sp³-hybridized carbons (Fsp3) is 0.556. The number of ether oxygens (including phenoxy) is 1. The Balaban J connectivity index is 1.54. The number of primary amides is 1. The largest absolute Gasteiger partial charge is 0.484 e. The molecule has 1 unspecified atom stereocenters. The minimum Gasteiger partial charge on any atom is -0.484 e. The maximum atomic E-state index is 12.5. The topological polar surface area (TPSA) is 72.6 Å². The zero-order valence-electron chi connectivity index (χ0n) is 13.5. The molecule has 0 heterocycles. The second-order valence-electron chi connectivity index (χ2n) is 6.69. The third kappa shape index (κ3) is 4.24. The lowest BCUT2D eigenvalue weighted by molar-refractivity contribution is -0.136. The molecule has 2 amide bonds. The van der Waals surface area contributed by atoms with Crippen molar-refractivity contribution in [3.8, 4) is 5.75 Å². The Morgan fingerprint density at radius 1 is 1.22 bits per heavy atom. The fourth-order valence-electron chi connectivity index (χ4n) is 3.05. The van der Waals surface area contributed by atoms with Crippen LogP contribution in [0, 0.1) is 5.92 Å². The highest BCUT2D eigenvalue weighted by atomic mass is 16.5. The van der Waals surface area contributed by atoms with Gasteiger partial charge in [-0.2, -0.15) is 0 Å². The van der Waals surface area contributed by atoms with Gasteiger partial charge in [0.05, 0.1) is 6.42 Å². The van der Waals surface area contributed by atoms with Crippen LogP contribution in [-0.4, -0.2) is 35.4 Å². The highest BCUT2D eigenvalue weighted by Crippen LogP contribution is 2.39. The highest BCUT2D eigenvalue weighted by Gasteiger charge is 2.41. The predicted octanol–water partition coefficient (Wildman–Crippen LogP) is 1.88. The first-order chi connectivity index (χ1) is 11.0. The minimum absolute atomic E-state index is 0.0721. The van der Waals surface area contributed by atoms with E-state index in [0.29, 0.717) is 23.8 Å². The van der Waals surface area contributed by atoms with Crippen LogP contribution in [0.1, 0.15) is 38.2 Å². The fourth-order valence-corrected chi connectivity index (χ4v) is 3.05. The Morgan fingerprint density at radius 3 is 2.39 bits per heavy atom. The summed E-state index contributed by atoms with van der Waals surface area (Å²) in [4.78, 5) is 25.4. The molecule has 2 fully saturated rings. The molecule has 0 aromatic heterocycles. The summed E-state index contributed by atoms with van der Waals surface area (Å²) in [6, 6.07) is 7.90. The molecule has 124 valence electrons. The van der Waals surface area contributed by atoms with Gasteiger partial charge in [-0.1, -0.05) is 12.1 Å². The number of hydrogen-bond acceptors (Lipinski definition) is 3. The van der Waals surface area contributed by atoms with E-state index in [9.17, 15) is 9.59 Å². The van der Waals surface area contributed by atoms with Crippen molar-refractivity contribution >= 4 is 11.8 Å². The van der Waals surface area contributed by atoms with E-state index in [1.807, 2.05) is 4.90 Å². The van der Waals surface area contributed by atoms with Gasteiger partial charge in [-0.3, -0.25) is 9.59 Å². The first-order valence-corrected chi connectivity index (χ1v) is 8.36. The molecule has 1 atom stereocenters. The van der Waals surface area contributed by atoms with E-state index in [1.165, 1.54) is 12.8 Å². The molecule has 3 rings (SSSR count). The van der Waals surface area contributed by atoms with Gasteiger partial charge in [0.2, 0.25) is 5.91 Å². The molecule has 2 aliphatic carbocycles. The highest BCUT2D eigenvalue weighted by molar-refractivity contribution is 5.79. The van der Waals surface area contributed by atoms with E-state index in [0.717, 1.165) is 18.4 Å². The van der Waals surface area contributed by atoms with Crippen molar-refractivity contribution < 1.29 is 14.3 Å². The molecule has 2 aliphatic rings. The van der Waals surface area contributed by atoms with Gasteiger partial charge in [0.25, 0.3) is 5.91 Å². The molecule has 5 nitrogen and oxygen atoms in total. The van der Waals surface area contributed by atoms with Crippen molar-refractivity contribution in [2.24, 2.45) is 11.7 Å². The van der Waals surface area contributed by atoms with Crippen LogP contribution in [0.15, 0.2) is 24.3 Å². The number of carbonyl (C=O) groups excluding carboxylic acids is 2. The molecular formula is C18H24N2O3. The molecule has 1 aromatic rings. The Labute approximate surface area is 136 Å². The standard InChI is InChI=1S/C18H24N2O3/c1-12(14-4-5-14)20(15-6-7-15)18(22)11-23-16-8-2-13(3-9-16)10-17(19)21/h2-3,8-9,12,14-15H,4-7,10-11H2,1H3,(H2,19,21). The number of hydrogen-bond donors (Lipinski definition) is 1. The van der Waals surface area contributed by atoms with Crippen LogP contribution in [0.2, 0.25) is 0 Å². The van der Waals surface area contributed by atoms with Gasteiger partial charge in [0.15, 0.2) is 6.61 Å². The quantitative estimate of drug-likeness (QED) is 0.796. The van der Waals surface area contributed by atoms with Gasteiger partial charge in [0, 0.05) is 12.1 Å². The second-order valence-corrected chi connectivity index (χ2v) is 6.69. The summed E-state index contributed by atoms with van der Waals surface area (Å²) in [6.45, 7) is 2.23. The SMILES string of the molecule is CC(C1CC1)N(C(=O)COc1ccc(CC(N)=O)cc1)C1CC1. The molecule has 5 heteroatoms. The van der Waals surface area contributed by atoms with Crippen molar-refractivity contribution in [1.82, 2.24) is 4.90 Å². The summed E-state index contributed by atoms with van der Waals surface area (Å²) < 4.78 is 5.63. The monoisotopic (exact) mass is 316 g/mol. The smallest absolute Gasteiger partial charge is 0.261 e. The lowest BCUT2D eigenvalue weighted by Gasteiger charge is -2.29. The molecule has 23 heavy (non-hydrogen) atoms. The van der Waals surface area contributed by atoms with E-state index < -0.39 is 0 Å². The Bertz CT molecular complexity index is 576. The zero-order valence-corrected chi connectivity index (χ0v) is 13.5. The molecule has 0 radical (unpaired) electrons. The average molecular weight is 316 g/mol. The molecule has 2 saturated carbocycles. The Morgan fingerprint density at radius 2 is 1.87 bits per heavy atom. The summed E-state index contributed by atoms with van der Waals surface area (Å²) in [5, 5.41) is 0. The van der Waals surface area contributed by atoms with Crippen LogP contribution in [-0.2, 0) is 16.0 Å². The van der Waals surface area contributed by atoms with Crippen LogP contribution < -0.4 is 10.5 Å². The molecule has 1 aromatic carbocycles. The van der Waals surface area contributed by atoms with Gasteiger partial charge in [0.1, 0.15) is 5.75 Å². The van der Waals surface area contributed by atoms with Gasteiger partial charge in [-0.05, 0) is 56.2 Å². The predicted molar refractivity (Wildman–Crippen MR) is 86.9 cm³/mol. The van der Waals surface area contributed by atoms with Crippen molar-refractivity contribution in [3.63, 3.8) is 0 Å². The average Bonchev–Trinajstić information content (AvgIpc) is 3.37. The van der Waals surface area contributed by atoms with Gasteiger partial charge < -0.3 is 15.4 Å². The number of nitrogens with zero attached hydrogens (tertiary/aromatic N) is 1. The van der Waals surface area contributed by atoms with Gasteiger partial charge >= 0.3 is 0 Å². The third-order valence-corrected chi connectivity index (χ3v) is 4.64. The lowest BCUT2D eigenvalue weighted by atomic mass is 10.1. The second kappa shape index (κ2) is 6.60. The normalized spacial score (nSPS) is 18.3. The van der Waals surface area contributed by atoms with Crippen LogP contribution in [0.4, 0.5) is 0 Å². The Hall–Kier alpha value is -2.04. The maximum Gasteiger partial charge on any atom is 0.261 e.